The van der Waals surface area contributed by atoms with Crippen LogP contribution in [0.3, 0.4) is 0 Å². The van der Waals surface area contributed by atoms with E-state index in [9.17, 15) is 9.18 Å². The summed E-state index contributed by atoms with van der Waals surface area (Å²) in [5.41, 5.74) is 0.338. The summed E-state index contributed by atoms with van der Waals surface area (Å²) in [4.78, 5) is 11.0. The molecule has 0 aliphatic rings. The van der Waals surface area contributed by atoms with Crippen molar-refractivity contribution in [1.29, 1.82) is 0 Å². The summed E-state index contributed by atoms with van der Waals surface area (Å²) >= 11 is 3.19. The molecule has 0 fully saturated rings. The molecule has 0 aliphatic heterocycles. The van der Waals surface area contributed by atoms with Crippen molar-refractivity contribution in [3.05, 3.63) is 40.1 Å². The average Bonchev–Trinajstić information content (AvgIpc) is 2.17. The van der Waals surface area contributed by atoms with E-state index < -0.39 is 5.97 Å². The van der Waals surface area contributed by atoms with Crippen LogP contribution in [0.4, 0.5) is 4.39 Å². The lowest BCUT2D eigenvalue weighted by atomic mass is 10.2. The molecule has 0 heterocycles. The first-order valence-electron chi connectivity index (χ1n) is 4.44. The van der Waals surface area contributed by atoms with Gasteiger partial charge in [0.25, 0.3) is 0 Å². The first-order chi connectivity index (χ1) is 7.15. The molecule has 0 aromatic heterocycles. The second-order valence-electron chi connectivity index (χ2n) is 2.72. The average molecular weight is 273 g/mol. The minimum absolute atomic E-state index is 0.307. The Labute approximate surface area is 95.9 Å². The van der Waals surface area contributed by atoms with E-state index in [1.54, 1.807) is 19.1 Å². The third-order valence-corrected chi connectivity index (χ3v) is 2.36. The van der Waals surface area contributed by atoms with Gasteiger partial charge < -0.3 is 4.74 Å². The minimum Gasteiger partial charge on any atom is -0.463 e. The molecule has 0 aliphatic carbocycles. The number of carbonyl (C=O) groups is 1. The van der Waals surface area contributed by atoms with Crippen LogP contribution in [0.25, 0.3) is 6.08 Å². The zero-order valence-corrected chi connectivity index (χ0v) is 9.75. The van der Waals surface area contributed by atoms with Crippen LogP contribution in [0.5, 0.6) is 0 Å². The van der Waals surface area contributed by atoms with Gasteiger partial charge >= 0.3 is 5.97 Å². The van der Waals surface area contributed by atoms with Crippen molar-refractivity contribution in [3.63, 3.8) is 0 Å². The Bertz CT molecular complexity index is 368. The van der Waals surface area contributed by atoms with E-state index in [1.807, 2.05) is 0 Å². The van der Waals surface area contributed by atoms with E-state index in [0.29, 0.717) is 16.6 Å². The molecule has 80 valence electrons. The summed E-state index contributed by atoms with van der Waals surface area (Å²) in [5.74, 6) is -0.863. The van der Waals surface area contributed by atoms with Gasteiger partial charge in [0.05, 0.1) is 6.61 Å². The van der Waals surface area contributed by atoms with Crippen molar-refractivity contribution in [1.82, 2.24) is 0 Å². The summed E-state index contributed by atoms with van der Waals surface area (Å²) in [6.45, 7) is 2.02. The molecule has 0 saturated heterocycles. The molecular formula is C11H10BrFO2. The Morgan fingerprint density at radius 2 is 2.33 bits per heavy atom. The van der Waals surface area contributed by atoms with Crippen molar-refractivity contribution in [2.45, 2.75) is 6.92 Å². The number of benzene rings is 1. The molecule has 15 heavy (non-hydrogen) atoms. The van der Waals surface area contributed by atoms with E-state index in [-0.39, 0.29) is 5.82 Å². The van der Waals surface area contributed by atoms with Crippen LogP contribution >= 0.6 is 15.9 Å². The fourth-order valence-corrected chi connectivity index (χ4v) is 1.49. The van der Waals surface area contributed by atoms with E-state index in [0.717, 1.165) is 0 Å². The molecule has 1 aromatic rings. The molecule has 4 heteroatoms. The summed E-state index contributed by atoms with van der Waals surface area (Å²) < 4.78 is 18.5. The van der Waals surface area contributed by atoms with Gasteiger partial charge in [0.1, 0.15) is 5.82 Å². The lowest BCUT2D eigenvalue weighted by molar-refractivity contribution is -0.137. The first kappa shape index (κ1) is 11.9. The van der Waals surface area contributed by atoms with Gasteiger partial charge in [0.15, 0.2) is 0 Å². The quantitative estimate of drug-likeness (QED) is 0.624. The topological polar surface area (TPSA) is 26.3 Å². The molecule has 1 aromatic carbocycles. The number of halogens is 2. The molecule has 0 spiro atoms. The Morgan fingerprint density at radius 1 is 1.60 bits per heavy atom. The Balaban J connectivity index is 2.84. The number of rotatable bonds is 3. The van der Waals surface area contributed by atoms with E-state index in [2.05, 4.69) is 20.7 Å². The highest BCUT2D eigenvalue weighted by Gasteiger charge is 2.03. The van der Waals surface area contributed by atoms with Crippen molar-refractivity contribution in [3.8, 4) is 0 Å². The third kappa shape index (κ3) is 3.47. The van der Waals surface area contributed by atoms with Crippen LogP contribution in [0.15, 0.2) is 28.7 Å². The SMILES string of the molecule is CCOC(=O)/C=C/c1c(F)cccc1Br. The van der Waals surface area contributed by atoms with Gasteiger partial charge in [-0.3, -0.25) is 0 Å². The fourth-order valence-electron chi connectivity index (χ4n) is 1.01. The van der Waals surface area contributed by atoms with Crippen LogP contribution in [0, 0.1) is 5.82 Å². The summed E-state index contributed by atoms with van der Waals surface area (Å²) in [7, 11) is 0. The normalized spacial score (nSPS) is 10.6. The standard InChI is InChI=1S/C11H10BrFO2/c1-2-15-11(14)7-6-8-9(12)4-3-5-10(8)13/h3-7H,2H2,1H3/b7-6+. The summed E-state index contributed by atoms with van der Waals surface area (Å²) in [6.07, 6.45) is 2.59. The molecule has 1 rings (SSSR count). The molecule has 0 unspecified atom stereocenters. The van der Waals surface area contributed by atoms with Crippen LogP contribution in [0.2, 0.25) is 0 Å². The van der Waals surface area contributed by atoms with E-state index in [4.69, 9.17) is 0 Å². The lowest BCUT2D eigenvalue weighted by Crippen LogP contribution is -1.98. The Hall–Kier alpha value is -1.16. The van der Waals surface area contributed by atoms with Gasteiger partial charge in [-0.2, -0.15) is 0 Å². The highest BCUT2D eigenvalue weighted by atomic mass is 79.9. The van der Waals surface area contributed by atoms with Crippen molar-refractivity contribution >= 4 is 28.0 Å². The predicted molar refractivity (Wildman–Crippen MR) is 59.8 cm³/mol. The van der Waals surface area contributed by atoms with Gasteiger partial charge in [-0.25, -0.2) is 9.18 Å². The predicted octanol–water partition coefficient (Wildman–Crippen LogP) is 3.16. The molecule has 2 nitrogen and oxygen atoms in total. The monoisotopic (exact) mass is 272 g/mol. The zero-order valence-electron chi connectivity index (χ0n) is 8.17. The number of esters is 1. The van der Waals surface area contributed by atoms with Gasteiger partial charge in [-0.1, -0.05) is 22.0 Å². The second kappa shape index (κ2) is 5.66. The lowest BCUT2D eigenvalue weighted by Gasteiger charge is -1.99. The molecule has 0 N–H and O–H groups in total. The maximum Gasteiger partial charge on any atom is 0.330 e. The largest absolute Gasteiger partial charge is 0.463 e. The molecule has 0 saturated carbocycles. The Morgan fingerprint density at radius 3 is 2.93 bits per heavy atom. The minimum atomic E-state index is -0.479. The van der Waals surface area contributed by atoms with Crippen molar-refractivity contribution in [2.75, 3.05) is 6.61 Å². The highest BCUT2D eigenvalue weighted by molar-refractivity contribution is 9.10. The molecular weight excluding hydrogens is 263 g/mol. The third-order valence-electron chi connectivity index (χ3n) is 1.67. The smallest absolute Gasteiger partial charge is 0.330 e. The van der Waals surface area contributed by atoms with Gasteiger partial charge in [-0.15, -0.1) is 0 Å². The van der Waals surface area contributed by atoms with Crippen LogP contribution < -0.4 is 0 Å². The van der Waals surface area contributed by atoms with Gasteiger partial charge in [0.2, 0.25) is 0 Å². The Kier molecular flexibility index (Phi) is 4.49. The zero-order chi connectivity index (χ0) is 11.3. The van der Waals surface area contributed by atoms with Crippen molar-refractivity contribution < 1.29 is 13.9 Å². The summed E-state index contributed by atoms with van der Waals surface area (Å²) in [6, 6.07) is 4.62. The summed E-state index contributed by atoms with van der Waals surface area (Å²) in [5, 5.41) is 0. The van der Waals surface area contributed by atoms with Gasteiger partial charge in [0, 0.05) is 16.1 Å². The van der Waals surface area contributed by atoms with E-state index >= 15 is 0 Å². The van der Waals surface area contributed by atoms with Crippen LogP contribution in [0.1, 0.15) is 12.5 Å². The molecule has 0 bridgehead atoms. The van der Waals surface area contributed by atoms with E-state index in [1.165, 1.54) is 18.2 Å². The molecule has 0 amide bonds. The molecule has 0 radical (unpaired) electrons. The molecule has 0 atom stereocenters. The van der Waals surface area contributed by atoms with Crippen LogP contribution in [-0.4, -0.2) is 12.6 Å². The first-order valence-corrected chi connectivity index (χ1v) is 5.23. The highest BCUT2D eigenvalue weighted by Crippen LogP contribution is 2.20. The second-order valence-corrected chi connectivity index (χ2v) is 3.58. The fraction of sp³-hybridized carbons (Fsp3) is 0.182. The number of carbonyl (C=O) groups excluding carboxylic acids is 1. The van der Waals surface area contributed by atoms with Crippen molar-refractivity contribution in [2.24, 2.45) is 0 Å². The number of ether oxygens (including phenoxy) is 1. The van der Waals surface area contributed by atoms with Gasteiger partial charge in [-0.05, 0) is 25.1 Å². The maximum atomic E-state index is 13.3. The van der Waals surface area contributed by atoms with Crippen LogP contribution in [-0.2, 0) is 9.53 Å². The number of hydrogen-bond acceptors (Lipinski definition) is 2. The maximum absolute atomic E-state index is 13.3. The number of hydrogen-bond donors (Lipinski definition) is 0.